The summed E-state index contributed by atoms with van der Waals surface area (Å²) in [5, 5.41) is 60.6. The first kappa shape index (κ1) is 49.6. The molecule has 0 aliphatic rings. The third-order valence-corrected chi connectivity index (χ3v) is 7.20. The molecule has 25 nitrogen and oxygen atoms in total. The highest BCUT2D eigenvalue weighted by Gasteiger charge is 2.33. The molecule has 0 aromatic heterocycles. The molecular weight excluding hydrogens is 756 g/mol. The van der Waals surface area contributed by atoms with Crippen LogP contribution >= 0.6 is 0 Å². The molecule has 0 saturated carbocycles. The van der Waals surface area contributed by atoms with E-state index in [9.17, 15) is 78.0 Å². The van der Waals surface area contributed by atoms with Crippen LogP contribution in [0.1, 0.15) is 65.7 Å². The molecule has 0 aliphatic carbocycles. The molecule has 0 unspecified atom stereocenters. The molecule has 0 spiro atoms. The van der Waals surface area contributed by atoms with Crippen LogP contribution in [0.25, 0.3) is 0 Å². The number of aliphatic carboxylic acids is 5. The minimum atomic E-state index is -2.08. The van der Waals surface area contributed by atoms with Gasteiger partial charge in [-0.05, 0) is 32.1 Å². The number of hydrogen-bond donors (Lipinski definition) is 13. The Bertz CT molecular complexity index is 1500. The van der Waals surface area contributed by atoms with Gasteiger partial charge >= 0.3 is 29.8 Å². The minimum absolute atomic E-state index is 0.0846. The Morgan fingerprint density at radius 1 is 0.464 bits per heavy atom. The van der Waals surface area contributed by atoms with Crippen LogP contribution in [0.2, 0.25) is 0 Å². The highest BCUT2D eigenvalue weighted by Crippen LogP contribution is 2.07. The third kappa shape index (κ3) is 21.3. The first-order valence-corrected chi connectivity index (χ1v) is 16.8. The lowest BCUT2D eigenvalue weighted by molar-refractivity contribution is -0.148. The van der Waals surface area contributed by atoms with E-state index in [2.05, 4.69) is 26.6 Å². The summed E-state index contributed by atoms with van der Waals surface area (Å²) < 4.78 is 0. The highest BCUT2D eigenvalue weighted by atomic mass is 16.4. The second-order valence-electron chi connectivity index (χ2n) is 12.7. The highest BCUT2D eigenvalue weighted by molar-refractivity contribution is 5.97. The molecule has 56 heavy (non-hydrogen) atoms. The molecule has 0 radical (unpaired) electrons. The van der Waals surface area contributed by atoms with Crippen LogP contribution in [0.15, 0.2) is 0 Å². The van der Waals surface area contributed by atoms with E-state index >= 15 is 0 Å². The molecule has 14 N–H and O–H groups in total. The van der Waals surface area contributed by atoms with E-state index in [1.807, 2.05) is 5.32 Å². The molecule has 0 bridgehead atoms. The molecular formula is C31H48N8O17. The van der Waals surface area contributed by atoms with Crippen molar-refractivity contribution >= 4 is 71.2 Å². The van der Waals surface area contributed by atoms with E-state index in [-0.39, 0.29) is 12.3 Å². The summed E-state index contributed by atoms with van der Waals surface area (Å²) in [4.78, 5) is 145. The van der Waals surface area contributed by atoms with Crippen LogP contribution < -0.4 is 43.0 Å². The number of carboxylic acids is 5. The van der Waals surface area contributed by atoms with Gasteiger partial charge in [0.25, 0.3) is 0 Å². The zero-order valence-corrected chi connectivity index (χ0v) is 30.6. The Balaban J connectivity index is 6.02. The smallest absolute Gasteiger partial charge is 0.326 e. The molecule has 0 aromatic rings. The zero-order valence-electron chi connectivity index (χ0n) is 30.6. The van der Waals surface area contributed by atoms with Gasteiger partial charge < -0.3 is 68.5 Å². The maximum absolute atomic E-state index is 13.3. The molecule has 0 rings (SSSR count). The average Bonchev–Trinajstić information content (AvgIpc) is 3.07. The maximum atomic E-state index is 13.3. The standard InChI is InChI=1S/C31H48N8O17/c1-13(2)8-17(36-21(41)11-33-26(50)14(3)32)27(51)34-12-20(40)35-15(4-6-22(42)43)28(52)37-16(5-7-23(44)45)29(53)38-18(9-24(46)47)30(54)39-19(31(55)56)10-25(48)49/h13-19H,4-12,32H2,1-3H3,(H,33,50)(H,34,51)(H,35,40)(H,36,41)(H,37,52)(H,38,53)(H,39,54)(H,42,43)(H,44,45)(H,46,47)(H,48,49)(H,55,56)/t14-,15-,16-,17-,18-,19-/m0/s1. The van der Waals surface area contributed by atoms with E-state index in [0.717, 1.165) is 0 Å². The number of amides is 7. The monoisotopic (exact) mass is 804 g/mol. The number of nitrogens with one attached hydrogen (secondary N) is 7. The number of rotatable bonds is 27. The number of carboxylic acid groups (broad SMARTS) is 5. The Hall–Kier alpha value is -6.40. The predicted octanol–water partition coefficient (Wildman–Crippen LogP) is -5.20. The lowest BCUT2D eigenvalue weighted by Gasteiger charge is -2.25. The fraction of sp³-hybridized carbons (Fsp3) is 0.613. The van der Waals surface area contributed by atoms with Gasteiger partial charge in [0.2, 0.25) is 41.4 Å². The Labute approximate surface area is 318 Å². The van der Waals surface area contributed by atoms with Crippen molar-refractivity contribution in [2.75, 3.05) is 13.1 Å². The van der Waals surface area contributed by atoms with Gasteiger partial charge in [0.05, 0.1) is 32.0 Å². The van der Waals surface area contributed by atoms with Crippen LogP contribution in [-0.2, 0) is 57.5 Å². The third-order valence-electron chi connectivity index (χ3n) is 7.20. The summed E-state index contributed by atoms with van der Waals surface area (Å²) >= 11 is 0. The van der Waals surface area contributed by atoms with Crippen molar-refractivity contribution in [2.24, 2.45) is 11.7 Å². The second-order valence-corrected chi connectivity index (χ2v) is 12.7. The summed E-state index contributed by atoms with van der Waals surface area (Å²) in [5.41, 5.74) is 5.43. The van der Waals surface area contributed by atoms with Crippen molar-refractivity contribution in [3.05, 3.63) is 0 Å². The number of hydrogen-bond acceptors (Lipinski definition) is 13. The van der Waals surface area contributed by atoms with Crippen LogP contribution in [0.5, 0.6) is 0 Å². The first-order valence-electron chi connectivity index (χ1n) is 16.8. The van der Waals surface area contributed by atoms with Gasteiger partial charge in [0, 0.05) is 12.8 Å². The van der Waals surface area contributed by atoms with E-state index in [0.29, 0.717) is 0 Å². The van der Waals surface area contributed by atoms with Gasteiger partial charge in [-0.25, -0.2) is 4.79 Å². The van der Waals surface area contributed by atoms with Crippen LogP contribution in [0.3, 0.4) is 0 Å². The predicted molar refractivity (Wildman–Crippen MR) is 185 cm³/mol. The van der Waals surface area contributed by atoms with E-state index in [1.165, 1.54) is 6.92 Å². The molecule has 0 saturated heterocycles. The van der Waals surface area contributed by atoms with Gasteiger partial charge in [-0.2, -0.15) is 0 Å². The van der Waals surface area contributed by atoms with Gasteiger partial charge in [-0.15, -0.1) is 0 Å². The first-order chi connectivity index (χ1) is 25.9. The zero-order chi connectivity index (χ0) is 43.3. The Morgan fingerprint density at radius 2 is 0.839 bits per heavy atom. The molecule has 25 heteroatoms. The molecule has 0 heterocycles. The quantitative estimate of drug-likeness (QED) is 0.0369. The van der Waals surface area contributed by atoms with E-state index in [4.69, 9.17) is 10.8 Å². The van der Waals surface area contributed by atoms with Crippen molar-refractivity contribution in [1.82, 2.24) is 37.2 Å². The topological polar surface area (TPSA) is 416 Å². The largest absolute Gasteiger partial charge is 0.481 e. The molecule has 0 aliphatic heterocycles. The fourth-order valence-corrected chi connectivity index (χ4v) is 4.46. The van der Waals surface area contributed by atoms with Gasteiger partial charge in [0.15, 0.2) is 0 Å². The van der Waals surface area contributed by atoms with Crippen molar-refractivity contribution < 1.29 is 83.1 Å². The summed E-state index contributed by atoms with van der Waals surface area (Å²) in [6.07, 6.45) is -5.10. The summed E-state index contributed by atoms with van der Waals surface area (Å²) in [6.45, 7) is 3.50. The lowest BCUT2D eigenvalue weighted by Crippen LogP contribution is -2.58. The normalized spacial score (nSPS) is 13.9. The molecule has 0 aromatic carbocycles. The number of carbonyl (C=O) groups excluding carboxylic acids is 7. The van der Waals surface area contributed by atoms with Crippen LogP contribution in [0.4, 0.5) is 0 Å². The Kier molecular flexibility index (Phi) is 22.0. The van der Waals surface area contributed by atoms with E-state index in [1.54, 1.807) is 19.2 Å². The summed E-state index contributed by atoms with van der Waals surface area (Å²) in [7, 11) is 0. The van der Waals surface area contributed by atoms with Gasteiger partial charge in [-0.3, -0.25) is 52.7 Å². The van der Waals surface area contributed by atoms with Crippen LogP contribution in [0, 0.1) is 5.92 Å². The van der Waals surface area contributed by atoms with Crippen LogP contribution in [-0.4, -0.2) is 146 Å². The van der Waals surface area contributed by atoms with Gasteiger partial charge in [0.1, 0.15) is 30.2 Å². The SMILES string of the molecule is CC(C)C[C@H](NC(=O)CNC(=O)[C@H](C)N)C(=O)NCC(=O)N[C@@H](CCC(=O)O)C(=O)N[C@@H](CCC(=O)O)C(=O)N[C@@H](CC(=O)O)C(=O)N[C@@H](CC(=O)O)C(=O)O. The van der Waals surface area contributed by atoms with Crippen molar-refractivity contribution in [2.45, 2.75) is 102 Å². The Morgan fingerprint density at radius 3 is 1.25 bits per heavy atom. The minimum Gasteiger partial charge on any atom is -0.481 e. The van der Waals surface area contributed by atoms with E-state index < -0.39 is 159 Å². The van der Waals surface area contributed by atoms with Crippen molar-refractivity contribution in [3.63, 3.8) is 0 Å². The average molecular weight is 805 g/mol. The number of nitrogens with two attached hydrogens (primary N) is 1. The van der Waals surface area contributed by atoms with Crippen molar-refractivity contribution in [3.8, 4) is 0 Å². The lowest BCUT2D eigenvalue weighted by atomic mass is 10.0. The number of carbonyl (C=O) groups is 12. The maximum Gasteiger partial charge on any atom is 0.326 e. The molecule has 0 fully saturated rings. The summed E-state index contributed by atoms with van der Waals surface area (Å²) in [5.74, 6) is -15.6. The summed E-state index contributed by atoms with van der Waals surface area (Å²) in [6, 6.07) is -9.88. The molecule has 314 valence electrons. The fourth-order valence-electron chi connectivity index (χ4n) is 4.46. The molecule has 6 atom stereocenters. The van der Waals surface area contributed by atoms with Crippen molar-refractivity contribution in [1.29, 1.82) is 0 Å². The van der Waals surface area contributed by atoms with Gasteiger partial charge in [-0.1, -0.05) is 13.8 Å². The molecule has 7 amide bonds. The second kappa shape index (κ2) is 24.8.